The molecule has 0 bridgehead atoms. The minimum absolute atomic E-state index is 0.00446. The lowest BCUT2D eigenvalue weighted by Gasteiger charge is -2.41. The Labute approximate surface area is 142 Å². The van der Waals surface area contributed by atoms with Gasteiger partial charge in [-0.05, 0) is 43.5 Å². The van der Waals surface area contributed by atoms with E-state index in [2.05, 4.69) is 0 Å². The molecule has 0 aromatic heterocycles. The molecule has 1 heterocycles. The first-order valence-corrected chi connectivity index (χ1v) is 9.38. The standard InChI is InChI=1S/C16H24N2O5S/c1-23-10-8-16(12-19)7-2-9-18(11-16)15(20)13-3-5-14(6-4-13)24(17,21)22/h3-6,19H,2,7-12H2,1H3,(H2,17,21,22). The molecule has 1 aliphatic rings. The summed E-state index contributed by atoms with van der Waals surface area (Å²) in [7, 11) is -2.16. The molecule has 0 saturated carbocycles. The fourth-order valence-corrected chi connectivity index (χ4v) is 3.60. The summed E-state index contributed by atoms with van der Waals surface area (Å²) in [5.41, 5.74) is 0.0626. The normalized spacial score (nSPS) is 21.7. The summed E-state index contributed by atoms with van der Waals surface area (Å²) in [6.07, 6.45) is 2.35. The number of rotatable bonds is 6. The summed E-state index contributed by atoms with van der Waals surface area (Å²) >= 11 is 0. The van der Waals surface area contributed by atoms with Crippen LogP contribution in [0.4, 0.5) is 0 Å². The number of hydrogen-bond donors (Lipinski definition) is 2. The lowest BCUT2D eigenvalue weighted by Crippen LogP contribution is -2.48. The van der Waals surface area contributed by atoms with Crippen molar-refractivity contribution in [2.75, 3.05) is 33.4 Å². The van der Waals surface area contributed by atoms with Crippen molar-refractivity contribution < 1.29 is 23.1 Å². The van der Waals surface area contributed by atoms with Crippen molar-refractivity contribution in [3.63, 3.8) is 0 Å². The number of carbonyl (C=O) groups excluding carboxylic acids is 1. The van der Waals surface area contributed by atoms with Gasteiger partial charge in [-0.15, -0.1) is 0 Å². The van der Waals surface area contributed by atoms with Crippen LogP contribution >= 0.6 is 0 Å². The van der Waals surface area contributed by atoms with Gasteiger partial charge in [0.05, 0.1) is 11.5 Å². The molecule has 0 spiro atoms. The van der Waals surface area contributed by atoms with Crippen LogP contribution in [0.5, 0.6) is 0 Å². The van der Waals surface area contributed by atoms with Crippen molar-refractivity contribution in [2.24, 2.45) is 10.6 Å². The summed E-state index contributed by atoms with van der Waals surface area (Å²) in [6, 6.07) is 5.59. The highest BCUT2D eigenvalue weighted by Crippen LogP contribution is 2.33. The van der Waals surface area contributed by atoms with Crippen molar-refractivity contribution in [3.05, 3.63) is 29.8 Å². The van der Waals surface area contributed by atoms with Crippen LogP contribution < -0.4 is 5.14 Å². The second-order valence-corrected chi connectivity index (χ2v) is 7.86. The van der Waals surface area contributed by atoms with Gasteiger partial charge in [0.15, 0.2) is 0 Å². The van der Waals surface area contributed by atoms with Gasteiger partial charge in [0.25, 0.3) is 5.91 Å². The van der Waals surface area contributed by atoms with Gasteiger partial charge in [0, 0.05) is 37.8 Å². The maximum Gasteiger partial charge on any atom is 0.253 e. The Kier molecular flexibility index (Phi) is 5.97. The van der Waals surface area contributed by atoms with Gasteiger partial charge >= 0.3 is 0 Å². The third-order valence-corrected chi connectivity index (χ3v) is 5.48. The zero-order valence-electron chi connectivity index (χ0n) is 13.8. The Morgan fingerprint density at radius 3 is 2.58 bits per heavy atom. The number of benzene rings is 1. The van der Waals surface area contributed by atoms with E-state index in [9.17, 15) is 18.3 Å². The molecular formula is C16H24N2O5S. The van der Waals surface area contributed by atoms with Crippen LogP contribution in [0.15, 0.2) is 29.2 Å². The SMILES string of the molecule is COCCC1(CO)CCCN(C(=O)c2ccc(S(N)(=O)=O)cc2)C1. The van der Waals surface area contributed by atoms with Gasteiger partial charge in [-0.25, -0.2) is 13.6 Å². The van der Waals surface area contributed by atoms with E-state index in [1.807, 2.05) is 0 Å². The number of piperidine rings is 1. The van der Waals surface area contributed by atoms with Crippen molar-refractivity contribution in [2.45, 2.75) is 24.2 Å². The Balaban J connectivity index is 2.14. The van der Waals surface area contributed by atoms with E-state index < -0.39 is 10.0 Å². The third kappa shape index (κ3) is 4.32. The largest absolute Gasteiger partial charge is 0.396 e. The average molecular weight is 356 g/mol. The maximum atomic E-state index is 12.7. The number of carbonyl (C=O) groups is 1. The number of nitrogens with two attached hydrogens (primary N) is 1. The Bertz CT molecular complexity index is 674. The summed E-state index contributed by atoms with van der Waals surface area (Å²) in [5, 5.41) is 14.9. The molecule has 1 unspecified atom stereocenters. The smallest absolute Gasteiger partial charge is 0.253 e. The number of likely N-dealkylation sites (tertiary alicyclic amines) is 1. The van der Waals surface area contributed by atoms with E-state index >= 15 is 0 Å². The molecule has 1 aromatic rings. The van der Waals surface area contributed by atoms with Crippen LogP contribution in [0.1, 0.15) is 29.6 Å². The highest BCUT2D eigenvalue weighted by Gasteiger charge is 2.36. The Hall–Kier alpha value is -1.48. The molecule has 24 heavy (non-hydrogen) atoms. The first-order chi connectivity index (χ1) is 11.3. The number of amides is 1. The molecule has 1 atom stereocenters. The van der Waals surface area contributed by atoms with Crippen LogP contribution in [-0.4, -0.2) is 57.7 Å². The molecule has 1 saturated heterocycles. The highest BCUT2D eigenvalue weighted by atomic mass is 32.2. The van der Waals surface area contributed by atoms with E-state index in [1.165, 1.54) is 24.3 Å². The first-order valence-electron chi connectivity index (χ1n) is 7.83. The van der Waals surface area contributed by atoms with Crippen molar-refractivity contribution >= 4 is 15.9 Å². The Morgan fingerprint density at radius 1 is 1.38 bits per heavy atom. The molecule has 0 aliphatic carbocycles. The van der Waals surface area contributed by atoms with E-state index in [4.69, 9.17) is 9.88 Å². The lowest BCUT2D eigenvalue weighted by molar-refractivity contribution is 0.00898. The number of nitrogens with zero attached hydrogens (tertiary/aromatic N) is 1. The summed E-state index contributed by atoms with van der Waals surface area (Å²) < 4.78 is 27.7. The zero-order valence-corrected chi connectivity index (χ0v) is 14.6. The van der Waals surface area contributed by atoms with E-state index in [1.54, 1.807) is 12.0 Å². The quantitative estimate of drug-likeness (QED) is 0.775. The molecule has 134 valence electrons. The molecular weight excluding hydrogens is 332 g/mol. The average Bonchev–Trinajstić information content (AvgIpc) is 2.59. The maximum absolute atomic E-state index is 12.7. The van der Waals surface area contributed by atoms with Gasteiger partial charge in [-0.3, -0.25) is 4.79 Å². The van der Waals surface area contributed by atoms with Gasteiger partial charge in [0.1, 0.15) is 0 Å². The summed E-state index contributed by atoms with van der Waals surface area (Å²) in [6.45, 7) is 1.61. The van der Waals surface area contributed by atoms with Gasteiger partial charge in [-0.1, -0.05) is 0 Å². The molecule has 0 radical (unpaired) electrons. The molecule has 1 aromatic carbocycles. The fraction of sp³-hybridized carbons (Fsp3) is 0.562. The number of primary sulfonamides is 1. The van der Waals surface area contributed by atoms with Crippen LogP contribution in [0.25, 0.3) is 0 Å². The molecule has 1 amide bonds. The first kappa shape index (κ1) is 18.9. The molecule has 3 N–H and O–H groups in total. The van der Waals surface area contributed by atoms with E-state index in [0.29, 0.717) is 31.7 Å². The second-order valence-electron chi connectivity index (χ2n) is 6.30. The second kappa shape index (κ2) is 7.60. The summed E-state index contributed by atoms with van der Waals surface area (Å²) in [5.74, 6) is -0.175. The topological polar surface area (TPSA) is 110 Å². The highest BCUT2D eigenvalue weighted by molar-refractivity contribution is 7.89. The number of methoxy groups -OCH3 is 1. The van der Waals surface area contributed by atoms with Gasteiger partial charge in [-0.2, -0.15) is 0 Å². The van der Waals surface area contributed by atoms with Crippen molar-refractivity contribution in [1.29, 1.82) is 0 Å². The van der Waals surface area contributed by atoms with Gasteiger partial charge in [0.2, 0.25) is 10.0 Å². The molecule has 7 nitrogen and oxygen atoms in total. The number of sulfonamides is 1. The number of aliphatic hydroxyl groups is 1. The fourth-order valence-electron chi connectivity index (χ4n) is 3.08. The minimum atomic E-state index is -3.77. The van der Waals surface area contributed by atoms with Crippen molar-refractivity contribution in [3.8, 4) is 0 Å². The van der Waals surface area contributed by atoms with Crippen LogP contribution in [0.3, 0.4) is 0 Å². The predicted molar refractivity (Wildman–Crippen MR) is 89.0 cm³/mol. The molecule has 1 fully saturated rings. The lowest BCUT2D eigenvalue weighted by atomic mass is 9.78. The summed E-state index contributed by atoms with van der Waals surface area (Å²) in [4.78, 5) is 14.4. The molecule has 2 rings (SSSR count). The van der Waals surface area contributed by atoms with Crippen molar-refractivity contribution in [1.82, 2.24) is 4.90 Å². The number of hydrogen-bond acceptors (Lipinski definition) is 5. The van der Waals surface area contributed by atoms with E-state index in [0.717, 1.165) is 12.8 Å². The number of ether oxygens (including phenoxy) is 1. The van der Waals surface area contributed by atoms with Gasteiger partial charge < -0.3 is 14.7 Å². The van der Waals surface area contributed by atoms with E-state index in [-0.39, 0.29) is 22.8 Å². The molecule has 1 aliphatic heterocycles. The third-order valence-electron chi connectivity index (χ3n) is 4.55. The minimum Gasteiger partial charge on any atom is -0.396 e. The monoisotopic (exact) mass is 356 g/mol. The van der Waals surface area contributed by atoms with Crippen LogP contribution in [0, 0.1) is 5.41 Å². The van der Waals surface area contributed by atoms with Crippen LogP contribution in [-0.2, 0) is 14.8 Å². The Morgan fingerprint density at radius 2 is 2.04 bits per heavy atom. The molecule has 8 heteroatoms. The zero-order chi connectivity index (χ0) is 17.8. The van der Waals surface area contributed by atoms with Crippen LogP contribution in [0.2, 0.25) is 0 Å². The predicted octanol–water partition coefficient (Wildman–Crippen LogP) is 0.585. The number of aliphatic hydroxyl groups excluding tert-OH is 1.